The van der Waals surface area contributed by atoms with Gasteiger partial charge in [0.15, 0.2) is 5.69 Å². The second-order valence-corrected chi connectivity index (χ2v) is 6.44. The van der Waals surface area contributed by atoms with Crippen molar-refractivity contribution in [1.29, 1.82) is 0 Å². The van der Waals surface area contributed by atoms with E-state index in [1.807, 2.05) is 0 Å². The molecule has 2 heterocycles. The quantitative estimate of drug-likeness (QED) is 0.419. The van der Waals surface area contributed by atoms with Gasteiger partial charge in [-0.25, -0.2) is 19.2 Å². The maximum atomic E-state index is 13.2. The Hall–Kier alpha value is -4.53. The number of aromatic carboxylic acids is 1. The standard InChI is InChI=1S/C22H16FN5O3/c23-14-3-1-13(2-4-14)18-12-20(28-22(24)27-18)26-15-5-7-16(8-6-15)31-17-9-10-25-19(11-17)21(29)30/h1-12H,(H,29,30)(H3,24,26,27,28). The van der Waals surface area contributed by atoms with Crippen LogP contribution in [0.3, 0.4) is 0 Å². The lowest BCUT2D eigenvalue weighted by Gasteiger charge is -2.10. The van der Waals surface area contributed by atoms with Gasteiger partial charge < -0.3 is 20.9 Å². The molecular formula is C22H16FN5O3. The first-order valence-corrected chi connectivity index (χ1v) is 9.11. The van der Waals surface area contributed by atoms with Crippen molar-refractivity contribution in [2.24, 2.45) is 0 Å². The molecule has 2 aromatic carbocycles. The van der Waals surface area contributed by atoms with Gasteiger partial charge in [-0.15, -0.1) is 0 Å². The highest BCUT2D eigenvalue weighted by molar-refractivity contribution is 5.85. The Balaban J connectivity index is 1.49. The van der Waals surface area contributed by atoms with E-state index in [2.05, 4.69) is 20.3 Å². The topological polar surface area (TPSA) is 123 Å². The van der Waals surface area contributed by atoms with Crippen LogP contribution in [0.4, 0.5) is 21.8 Å². The van der Waals surface area contributed by atoms with Gasteiger partial charge in [0.1, 0.15) is 23.1 Å². The van der Waals surface area contributed by atoms with E-state index < -0.39 is 5.97 Å². The van der Waals surface area contributed by atoms with Crippen LogP contribution in [0, 0.1) is 5.82 Å². The van der Waals surface area contributed by atoms with E-state index in [-0.39, 0.29) is 17.5 Å². The molecule has 0 aliphatic rings. The Bertz CT molecular complexity index is 1230. The van der Waals surface area contributed by atoms with Gasteiger partial charge in [0, 0.05) is 29.6 Å². The number of nitrogen functional groups attached to an aromatic ring is 1. The number of benzene rings is 2. The monoisotopic (exact) mass is 417 g/mol. The minimum Gasteiger partial charge on any atom is -0.477 e. The molecule has 4 rings (SSSR count). The van der Waals surface area contributed by atoms with Crippen molar-refractivity contribution in [3.8, 4) is 22.8 Å². The summed E-state index contributed by atoms with van der Waals surface area (Å²) in [6, 6.07) is 17.5. The number of hydrogen-bond acceptors (Lipinski definition) is 7. The maximum Gasteiger partial charge on any atom is 0.354 e. The Morgan fingerprint density at radius 3 is 2.42 bits per heavy atom. The summed E-state index contributed by atoms with van der Waals surface area (Å²) in [7, 11) is 0. The fraction of sp³-hybridized carbons (Fsp3) is 0. The molecule has 0 radical (unpaired) electrons. The molecule has 0 unspecified atom stereocenters. The van der Waals surface area contributed by atoms with E-state index in [4.69, 9.17) is 15.6 Å². The molecule has 8 nitrogen and oxygen atoms in total. The highest BCUT2D eigenvalue weighted by atomic mass is 19.1. The Kier molecular flexibility index (Phi) is 5.39. The van der Waals surface area contributed by atoms with Gasteiger partial charge in [-0.2, -0.15) is 4.98 Å². The van der Waals surface area contributed by atoms with Crippen LogP contribution in [0.25, 0.3) is 11.3 Å². The van der Waals surface area contributed by atoms with Crippen LogP contribution in [0.15, 0.2) is 72.9 Å². The van der Waals surface area contributed by atoms with Crippen molar-refractivity contribution in [2.45, 2.75) is 0 Å². The predicted octanol–water partition coefficient (Wildman–Crippen LogP) is 4.49. The number of pyridine rings is 1. The van der Waals surface area contributed by atoms with E-state index in [9.17, 15) is 9.18 Å². The average molecular weight is 417 g/mol. The summed E-state index contributed by atoms with van der Waals surface area (Å²) in [5.41, 5.74) is 7.70. The van der Waals surface area contributed by atoms with Gasteiger partial charge in [-0.05, 0) is 54.6 Å². The molecule has 154 valence electrons. The summed E-state index contributed by atoms with van der Waals surface area (Å²) in [4.78, 5) is 23.1. The summed E-state index contributed by atoms with van der Waals surface area (Å²) in [5.74, 6) is -0.0358. The van der Waals surface area contributed by atoms with Gasteiger partial charge in [0.05, 0.1) is 5.69 Å². The van der Waals surface area contributed by atoms with Crippen LogP contribution in [0.2, 0.25) is 0 Å². The molecular weight excluding hydrogens is 401 g/mol. The molecule has 0 aliphatic heterocycles. The third-order valence-corrected chi connectivity index (χ3v) is 4.20. The number of nitrogens with zero attached hydrogens (tertiary/aromatic N) is 3. The van der Waals surface area contributed by atoms with Crippen molar-refractivity contribution in [3.63, 3.8) is 0 Å². The van der Waals surface area contributed by atoms with E-state index >= 15 is 0 Å². The molecule has 0 saturated heterocycles. The molecule has 4 N–H and O–H groups in total. The third-order valence-electron chi connectivity index (χ3n) is 4.20. The molecule has 2 aromatic heterocycles. The molecule has 0 fully saturated rings. The molecule has 0 saturated carbocycles. The fourth-order valence-corrected chi connectivity index (χ4v) is 2.78. The predicted molar refractivity (Wildman–Crippen MR) is 113 cm³/mol. The number of rotatable bonds is 6. The number of hydrogen-bond donors (Lipinski definition) is 3. The van der Waals surface area contributed by atoms with Crippen LogP contribution in [-0.2, 0) is 0 Å². The lowest BCUT2D eigenvalue weighted by atomic mass is 10.1. The summed E-state index contributed by atoms with van der Waals surface area (Å²) in [6.07, 6.45) is 1.37. The second-order valence-electron chi connectivity index (χ2n) is 6.44. The lowest BCUT2D eigenvalue weighted by molar-refractivity contribution is 0.0690. The number of carboxylic acid groups (broad SMARTS) is 1. The average Bonchev–Trinajstić information content (AvgIpc) is 2.75. The molecule has 0 bridgehead atoms. The minimum atomic E-state index is -1.13. The first kappa shape index (κ1) is 19.8. The Morgan fingerprint density at radius 1 is 0.968 bits per heavy atom. The van der Waals surface area contributed by atoms with Crippen molar-refractivity contribution in [2.75, 3.05) is 11.1 Å². The zero-order valence-corrected chi connectivity index (χ0v) is 16.0. The van der Waals surface area contributed by atoms with E-state index in [1.165, 1.54) is 24.4 Å². The van der Waals surface area contributed by atoms with Crippen LogP contribution < -0.4 is 15.8 Å². The molecule has 0 aliphatic carbocycles. The molecule has 0 spiro atoms. The summed E-state index contributed by atoms with van der Waals surface area (Å²) in [6.45, 7) is 0. The van der Waals surface area contributed by atoms with Gasteiger partial charge in [0.25, 0.3) is 0 Å². The van der Waals surface area contributed by atoms with Crippen LogP contribution in [-0.4, -0.2) is 26.0 Å². The lowest BCUT2D eigenvalue weighted by Crippen LogP contribution is -2.01. The second kappa shape index (κ2) is 8.46. The maximum absolute atomic E-state index is 13.2. The smallest absolute Gasteiger partial charge is 0.354 e. The zero-order valence-electron chi connectivity index (χ0n) is 16.0. The van der Waals surface area contributed by atoms with Crippen LogP contribution in [0.1, 0.15) is 10.5 Å². The number of nitrogens with two attached hydrogens (primary N) is 1. The minimum absolute atomic E-state index is 0.0798. The van der Waals surface area contributed by atoms with E-state index in [0.717, 1.165) is 5.69 Å². The van der Waals surface area contributed by atoms with Crippen molar-refractivity contribution >= 4 is 23.4 Å². The van der Waals surface area contributed by atoms with Crippen molar-refractivity contribution in [1.82, 2.24) is 15.0 Å². The zero-order chi connectivity index (χ0) is 21.8. The Morgan fingerprint density at radius 2 is 1.71 bits per heavy atom. The van der Waals surface area contributed by atoms with Crippen molar-refractivity contribution in [3.05, 3.63) is 84.4 Å². The molecule has 9 heteroatoms. The number of nitrogens with one attached hydrogen (secondary N) is 1. The molecule has 0 atom stereocenters. The fourth-order valence-electron chi connectivity index (χ4n) is 2.78. The van der Waals surface area contributed by atoms with Gasteiger partial charge in [-0.1, -0.05) is 0 Å². The molecule has 0 amide bonds. The van der Waals surface area contributed by atoms with Crippen molar-refractivity contribution < 1.29 is 19.0 Å². The van der Waals surface area contributed by atoms with Gasteiger partial charge >= 0.3 is 5.97 Å². The number of anilines is 3. The molecule has 31 heavy (non-hydrogen) atoms. The van der Waals surface area contributed by atoms with E-state index in [0.29, 0.717) is 28.6 Å². The van der Waals surface area contributed by atoms with E-state index in [1.54, 1.807) is 48.5 Å². The van der Waals surface area contributed by atoms with Crippen LogP contribution in [0.5, 0.6) is 11.5 Å². The third kappa shape index (κ3) is 4.91. The number of ether oxygens (including phenoxy) is 1. The normalized spacial score (nSPS) is 10.5. The number of aromatic nitrogens is 3. The Labute approximate surface area is 176 Å². The number of carboxylic acids is 1. The first-order valence-electron chi connectivity index (χ1n) is 9.11. The van der Waals surface area contributed by atoms with Gasteiger partial charge in [-0.3, -0.25) is 0 Å². The van der Waals surface area contributed by atoms with Crippen LogP contribution >= 0.6 is 0 Å². The number of carbonyl (C=O) groups is 1. The highest BCUT2D eigenvalue weighted by Crippen LogP contribution is 2.26. The summed E-state index contributed by atoms with van der Waals surface area (Å²) in [5, 5.41) is 12.1. The summed E-state index contributed by atoms with van der Waals surface area (Å²) < 4.78 is 18.8. The SMILES string of the molecule is Nc1nc(Nc2ccc(Oc3ccnc(C(=O)O)c3)cc2)cc(-c2ccc(F)cc2)n1. The first-order chi connectivity index (χ1) is 15.0. The van der Waals surface area contributed by atoms with Gasteiger partial charge in [0.2, 0.25) is 5.95 Å². The number of halogens is 1. The highest BCUT2D eigenvalue weighted by Gasteiger charge is 2.08. The largest absolute Gasteiger partial charge is 0.477 e. The molecule has 4 aromatic rings. The summed E-state index contributed by atoms with van der Waals surface area (Å²) >= 11 is 0.